The van der Waals surface area contributed by atoms with Gasteiger partial charge < -0.3 is 4.74 Å². The first-order valence-corrected chi connectivity index (χ1v) is 7.30. The molecule has 98 valence electrons. The molecular formula is C15H12ClIO2. The highest BCUT2D eigenvalue weighted by molar-refractivity contribution is 14.1. The maximum Gasteiger partial charge on any atom is 0.193 e. The Morgan fingerprint density at radius 1 is 1.16 bits per heavy atom. The highest BCUT2D eigenvalue weighted by Crippen LogP contribution is 2.22. The molecule has 0 aliphatic carbocycles. The van der Waals surface area contributed by atoms with Gasteiger partial charge in [-0.2, -0.15) is 0 Å². The van der Waals surface area contributed by atoms with Crippen molar-refractivity contribution in [2.45, 2.75) is 6.92 Å². The summed E-state index contributed by atoms with van der Waals surface area (Å²) in [4.78, 5) is 12.3. The van der Waals surface area contributed by atoms with E-state index in [1.807, 2.05) is 13.0 Å². The minimum atomic E-state index is -0.0404. The third kappa shape index (κ3) is 3.48. The molecule has 0 fully saturated rings. The number of halogens is 2. The van der Waals surface area contributed by atoms with Crippen molar-refractivity contribution in [3.05, 3.63) is 62.2 Å². The van der Waals surface area contributed by atoms with Crippen molar-refractivity contribution in [2.75, 3.05) is 6.61 Å². The number of ether oxygens (including phenoxy) is 1. The summed E-state index contributed by atoms with van der Waals surface area (Å²) in [5.74, 6) is 0.723. The number of carbonyl (C=O) groups is 1. The summed E-state index contributed by atoms with van der Waals surface area (Å²) in [5.41, 5.74) is 1.22. The maximum absolute atomic E-state index is 12.3. The van der Waals surface area contributed by atoms with Gasteiger partial charge >= 0.3 is 0 Å². The van der Waals surface area contributed by atoms with Crippen molar-refractivity contribution in [2.24, 2.45) is 0 Å². The summed E-state index contributed by atoms with van der Waals surface area (Å²) in [6.45, 7) is 2.53. The van der Waals surface area contributed by atoms with Crippen LogP contribution in [0.2, 0.25) is 5.02 Å². The topological polar surface area (TPSA) is 26.3 Å². The number of hydrogen-bond acceptors (Lipinski definition) is 2. The number of ketones is 1. The molecule has 2 aromatic rings. The number of benzene rings is 2. The molecule has 0 bridgehead atoms. The SMILES string of the molecule is CCOc1ccc(C(=O)c2ccc(I)c(Cl)c2)cc1. The van der Waals surface area contributed by atoms with Crippen LogP contribution in [0.15, 0.2) is 42.5 Å². The van der Waals surface area contributed by atoms with E-state index in [9.17, 15) is 4.79 Å². The lowest BCUT2D eigenvalue weighted by atomic mass is 10.0. The fraction of sp³-hybridized carbons (Fsp3) is 0.133. The summed E-state index contributed by atoms with van der Waals surface area (Å²) in [6.07, 6.45) is 0. The molecule has 0 unspecified atom stereocenters. The van der Waals surface area contributed by atoms with Crippen molar-refractivity contribution in [1.29, 1.82) is 0 Å². The molecule has 0 spiro atoms. The predicted octanol–water partition coefficient (Wildman–Crippen LogP) is 4.57. The van der Waals surface area contributed by atoms with Gasteiger partial charge in [0.05, 0.1) is 11.6 Å². The molecule has 2 rings (SSSR count). The van der Waals surface area contributed by atoms with Crippen molar-refractivity contribution >= 4 is 40.0 Å². The molecule has 0 saturated carbocycles. The van der Waals surface area contributed by atoms with Gasteiger partial charge in [-0.3, -0.25) is 4.79 Å². The van der Waals surface area contributed by atoms with Gasteiger partial charge in [-0.1, -0.05) is 11.6 Å². The molecule has 0 saturated heterocycles. The van der Waals surface area contributed by atoms with E-state index in [4.69, 9.17) is 16.3 Å². The molecular weight excluding hydrogens is 375 g/mol. The van der Waals surface area contributed by atoms with Crippen LogP contribution >= 0.6 is 34.2 Å². The Kier molecular flexibility index (Phi) is 4.82. The molecule has 2 aromatic carbocycles. The van der Waals surface area contributed by atoms with E-state index >= 15 is 0 Å². The molecule has 19 heavy (non-hydrogen) atoms. The van der Waals surface area contributed by atoms with Crippen LogP contribution in [-0.2, 0) is 0 Å². The van der Waals surface area contributed by atoms with Gasteiger partial charge in [0.15, 0.2) is 5.78 Å². The largest absolute Gasteiger partial charge is 0.494 e. The molecule has 0 heterocycles. The highest BCUT2D eigenvalue weighted by Gasteiger charge is 2.10. The minimum absolute atomic E-state index is 0.0404. The first-order chi connectivity index (χ1) is 9.11. The number of rotatable bonds is 4. The fourth-order valence-corrected chi connectivity index (χ4v) is 2.19. The summed E-state index contributed by atoms with van der Waals surface area (Å²) >= 11 is 8.16. The zero-order valence-corrected chi connectivity index (χ0v) is 13.2. The first kappa shape index (κ1) is 14.3. The predicted molar refractivity (Wildman–Crippen MR) is 85.2 cm³/mol. The normalized spacial score (nSPS) is 10.3. The molecule has 0 aromatic heterocycles. The summed E-state index contributed by atoms with van der Waals surface area (Å²) < 4.78 is 6.28. The van der Waals surface area contributed by atoms with E-state index in [2.05, 4.69) is 22.6 Å². The average Bonchev–Trinajstić information content (AvgIpc) is 2.42. The lowest BCUT2D eigenvalue weighted by Gasteiger charge is -2.05. The van der Waals surface area contributed by atoms with Gasteiger partial charge in [-0.15, -0.1) is 0 Å². The molecule has 0 atom stereocenters. The number of hydrogen-bond donors (Lipinski definition) is 0. The molecule has 2 nitrogen and oxygen atoms in total. The molecule has 0 radical (unpaired) electrons. The van der Waals surface area contributed by atoms with E-state index in [0.717, 1.165) is 9.32 Å². The van der Waals surface area contributed by atoms with Gasteiger partial charge in [0.1, 0.15) is 5.75 Å². The molecule has 0 aliphatic heterocycles. The Hall–Kier alpha value is -1.07. The van der Waals surface area contributed by atoms with Crippen molar-refractivity contribution < 1.29 is 9.53 Å². The summed E-state index contributed by atoms with van der Waals surface area (Å²) in [6, 6.07) is 12.4. The van der Waals surface area contributed by atoms with Crippen LogP contribution in [0.4, 0.5) is 0 Å². The Labute approximate surface area is 130 Å². The van der Waals surface area contributed by atoms with Crippen molar-refractivity contribution in [3.8, 4) is 5.75 Å². The zero-order valence-electron chi connectivity index (χ0n) is 10.3. The first-order valence-electron chi connectivity index (χ1n) is 5.84. The average molecular weight is 387 g/mol. The van der Waals surface area contributed by atoms with Gasteiger partial charge in [0.25, 0.3) is 0 Å². The van der Waals surface area contributed by atoms with E-state index in [1.54, 1.807) is 36.4 Å². The van der Waals surface area contributed by atoms with Crippen LogP contribution in [0.1, 0.15) is 22.8 Å². The maximum atomic E-state index is 12.3. The second-order valence-electron chi connectivity index (χ2n) is 3.92. The number of carbonyl (C=O) groups excluding carboxylic acids is 1. The van der Waals surface area contributed by atoms with Gasteiger partial charge in [0.2, 0.25) is 0 Å². The lowest BCUT2D eigenvalue weighted by molar-refractivity contribution is 0.103. The molecule has 0 amide bonds. The zero-order chi connectivity index (χ0) is 13.8. The fourth-order valence-electron chi connectivity index (χ4n) is 1.67. The quantitative estimate of drug-likeness (QED) is 0.568. The Morgan fingerprint density at radius 3 is 2.37 bits per heavy atom. The van der Waals surface area contributed by atoms with Gasteiger partial charge in [0, 0.05) is 14.7 Å². The lowest BCUT2D eigenvalue weighted by Crippen LogP contribution is -2.01. The standard InChI is InChI=1S/C15H12ClIO2/c1-2-19-12-6-3-10(4-7-12)15(18)11-5-8-14(17)13(16)9-11/h3-9H,2H2,1H3. The van der Waals surface area contributed by atoms with Crippen molar-refractivity contribution in [3.63, 3.8) is 0 Å². The molecule has 0 aliphatic rings. The Morgan fingerprint density at radius 2 is 1.79 bits per heavy atom. The van der Waals surface area contributed by atoms with E-state index < -0.39 is 0 Å². The van der Waals surface area contributed by atoms with Crippen molar-refractivity contribution in [1.82, 2.24) is 0 Å². The third-order valence-corrected chi connectivity index (χ3v) is 4.18. The van der Waals surface area contributed by atoms with Crippen LogP contribution in [0.3, 0.4) is 0 Å². The molecule has 0 N–H and O–H groups in total. The van der Waals surface area contributed by atoms with Crippen LogP contribution in [0, 0.1) is 3.57 Å². The van der Waals surface area contributed by atoms with Crippen LogP contribution < -0.4 is 4.74 Å². The minimum Gasteiger partial charge on any atom is -0.494 e. The second-order valence-corrected chi connectivity index (χ2v) is 5.48. The molecule has 4 heteroatoms. The highest BCUT2D eigenvalue weighted by atomic mass is 127. The second kappa shape index (κ2) is 6.39. The Balaban J connectivity index is 2.25. The van der Waals surface area contributed by atoms with E-state index in [-0.39, 0.29) is 5.78 Å². The monoisotopic (exact) mass is 386 g/mol. The summed E-state index contributed by atoms with van der Waals surface area (Å²) in [5, 5.41) is 0.595. The van der Waals surface area contributed by atoms with E-state index in [0.29, 0.717) is 22.8 Å². The van der Waals surface area contributed by atoms with Crippen LogP contribution in [0.5, 0.6) is 5.75 Å². The van der Waals surface area contributed by atoms with E-state index in [1.165, 1.54) is 0 Å². The van der Waals surface area contributed by atoms with Crippen LogP contribution in [0.25, 0.3) is 0 Å². The Bertz CT molecular complexity index is 594. The third-order valence-electron chi connectivity index (χ3n) is 2.61. The van der Waals surface area contributed by atoms with Gasteiger partial charge in [-0.05, 0) is 72.0 Å². The van der Waals surface area contributed by atoms with Gasteiger partial charge in [-0.25, -0.2) is 0 Å². The van der Waals surface area contributed by atoms with Crippen LogP contribution in [-0.4, -0.2) is 12.4 Å². The summed E-state index contributed by atoms with van der Waals surface area (Å²) in [7, 11) is 0. The smallest absolute Gasteiger partial charge is 0.193 e.